The molecule has 1 aromatic rings. The summed E-state index contributed by atoms with van der Waals surface area (Å²) in [6, 6.07) is 0.463. The lowest BCUT2D eigenvalue weighted by atomic mass is 10.0. The average Bonchev–Trinajstić information content (AvgIpc) is 2.90. The van der Waals surface area contributed by atoms with Crippen LogP contribution in [0.3, 0.4) is 0 Å². The molecule has 0 saturated heterocycles. The maximum Gasteiger partial charge on any atom is 0.342 e. The average molecular weight is 322 g/mol. The monoisotopic (exact) mass is 322 g/mol. The van der Waals surface area contributed by atoms with Crippen molar-refractivity contribution < 1.29 is 28.3 Å². The predicted molar refractivity (Wildman–Crippen MR) is 78.5 cm³/mol. The summed E-state index contributed by atoms with van der Waals surface area (Å²) in [5.74, 6) is -0.747. The Hall–Kier alpha value is -2.77. The number of hydrogen-bond donors (Lipinski definition) is 2. The van der Waals surface area contributed by atoms with Gasteiger partial charge in [0, 0.05) is 0 Å². The van der Waals surface area contributed by atoms with Crippen LogP contribution in [0, 0.1) is 6.92 Å². The summed E-state index contributed by atoms with van der Waals surface area (Å²) in [6.07, 6.45) is 1.38. The molecule has 1 aliphatic heterocycles. The minimum atomic E-state index is -0.604. The van der Waals surface area contributed by atoms with Gasteiger partial charge in [0.2, 0.25) is 0 Å². The van der Waals surface area contributed by atoms with Crippen molar-refractivity contribution in [1.82, 2.24) is 10.6 Å². The van der Waals surface area contributed by atoms with Crippen molar-refractivity contribution in [1.29, 1.82) is 0 Å². The molecule has 124 valence electrons. The predicted octanol–water partition coefficient (Wildman–Crippen LogP) is 1.26. The van der Waals surface area contributed by atoms with Gasteiger partial charge in [0.25, 0.3) is 0 Å². The molecule has 2 rings (SSSR count). The summed E-state index contributed by atoms with van der Waals surface area (Å²) in [7, 11) is 0. The Morgan fingerprint density at radius 2 is 2.04 bits per heavy atom. The fraction of sp³-hybridized carbons (Fsp3) is 0.400. The number of furan rings is 1. The number of carbonyl (C=O) groups excluding carboxylic acids is 3. The van der Waals surface area contributed by atoms with Gasteiger partial charge in [-0.05, 0) is 26.8 Å². The summed E-state index contributed by atoms with van der Waals surface area (Å²) < 4.78 is 15.2. The molecule has 23 heavy (non-hydrogen) atoms. The summed E-state index contributed by atoms with van der Waals surface area (Å²) in [5.41, 5.74) is 0.717. The van der Waals surface area contributed by atoms with Crippen LogP contribution >= 0.6 is 0 Å². The highest BCUT2D eigenvalue weighted by Crippen LogP contribution is 2.16. The van der Waals surface area contributed by atoms with Gasteiger partial charge in [0.1, 0.15) is 17.9 Å². The van der Waals surface area contributed by atoms with Crippen LogP contribution in [0.15, 0.2) is 28.0 Å². The van der Waals surface area contributed by atoms with Crippen molar-refractivity contribution in [2.45, 2.75) is 26.8 Å². The summed E-state index contributed by atoms with van der Waals surface area (Å²) in [6.45, 7) is 4.90. The number of rotatable bonds is 5. The molecule has 2 heterocycles. The van der Waals surface area contributed by atoms with E-state index in [0.717, 1.165) is 0 Å². The molecule has 1 atom stereocenters. The molecule has 2 amide bonds. The molecule has 8 heteroatoms. The van der Waals surface area contributed by atoms with Gasteiger partial charge in [0.05, 0.1) is 30.2 Å². The number of carbonyl (C=O) groups is 3. The van der Waals surface area contributed by atoms with E-state index < -0.39 is 24.0 Å². The second-order valence-corrected chi connectivity index (χ2v) is 4.90. The van der Waals surface area contributed by atoms with Gasteiger partial charge >= 0.3 is 18.0 Å². The fourth-order valence-electron chi connectivity index (χ4n) is 2.21. The molecule has 2 N–H and O–H groups in total. The summed E-state index contributed by atoms with van der Waals surface area (Å²) >= 11 is 0. The first kappa shape index (κ1) is 16.6. The summed E-state index contributed by atoms with van der Waals surface area (Å²) in [4.78, 5) is 35.6. The molecule has 0 aliphatic carbocycles. The topological polar surface area (TPSA) is 107 Å². The molecule has 0 aromatic carbocycles. The zero-order chi connectivity index (χ0) is 17.0. The van der Waals surface area contributed by atoms with Crippen molar-refractivity contribution in [3.05, 3.63) is 34.9 Å². The van der Waals surface area contributed by atoms with Gasteiger partial charge in [-0.15, -0.1) is 0 Å². The zero-order valence-corrected chi connectivity index (χ0v) is 13.1. The van der Waals surface area contributed by atoms with Crippen LogP contribution in [-0.4, -0.2) is 37.2 Å². The van der Waals surface area contributed by atoms with Crippen molar-refractivity contribution in [2.75, 3.05) is 13.2 Å². The van der Waals surface area contributed by atoms with Gasteiger partial charge < -0.3 is 24.5 Å². The van der Waals surface area contributed by atoms with Gasteiger partial charge in [-0.1, -0.05) is 0 Å². The number of ether oxygens (including phenoxy) is 2. The van der Waals surface area contributed by atoms with E-state index in [0.29, 0.717) is 5.76 Å². The van der Waals surface area contributed by atoms with E-state index in [-0.39, 0.29) is 30.0 Å². The molecule has 0 spiro atoms. The van der Waals surface area contributed by atoms with Crippen LogP contribution < -0.4 is 10.6 Å². The van der Waals surface area contributed by atoms with Crippen LogP contribution in [0.25, 0.3) is 0 Å². The smallest absolute Gasteiger partial charge is 0.342 e. The quantitative estimate of drug-likeness (QED) is 0.790. The largest absolute Gasteiger partial charge is 0.469 e. The molecule has 1 aliphatic rings. The van der Waals surface area contributed by atoms with Gasteiger partial charge in [-0.2, -0.15) is 0 Å². The normalized spacial score (nSPS) is 17.3. The lowest BCUT2D eigenvalue weighted by Gasteiger charge is -2.26. The first-order valence-corrected chi connectivity index (χ1v) is 7.13. The first-order chi connectivity index (χ1) is 10.9. The Labute approximate surface area is 132 Å². The molecule has 0 unspecified atom stereocenters. The van der Waals surface area contributed by atoms with Crippen LogP contribution in [0.1, 0.15) is 30.0 Å². The molecule has 0 fully saturated rings. The minimum Gasteiger partial charge on any atom is -0.469 e. The minimum absolute atomic E-state index is 0.199. The molecular formula is C15H18N2O6. The lowest BCUT2D eigenvalue weighted by molar-refractivity contribution is -0.139. The second kappa shape index (κ2) is 6.99. The second-order valence-electron chi connectivity index (χ2n) is 4.90. The third kappa shape index (κ3) is 3.71. The number of esters is 2. The van der Waals surface area contributed by atoms with E-state index in [1.54, 1.807) is 20.8 Å². The Morgan fingerprint density at radius 1 is 1.30 bits per heavy atom. The van der Waals surface area contributed by atoms with Gasteiger partial charge in [-0.25, -0.2) is 14.4 Å². The first-order valence-electron chi connectivity index (χ1n) is 7.13. The molecule has 1 aromatic heterocycles. The Balaban J connectivity index is 2.17. The third-order valence-electron chi connectivity index (χ3n) is 3.29. The molecule has 0 bridgehead atoms. The number of aryl methyl sites for hydroxylation is 1. The van der Waals surface area contributed by atoms with Gasteiger partial charge in [0.15, 0.2) is 0 Å². The highest BCUT2D eigenvalue weighted by molar-refractivity contribution is 5.95. The van der Waals surface area contributed by atoms with Crippen molar-refractivity contribution >= 4 is 18.0 Å². The van der Waals surface area contributed by atoms with Crippen molar-refractivity contribution in [3.8, 4) is 0 Å². The lowest BCUT2D eigenvalue weighted by Crippen LogP contribution is -2.50. The number of urea groups is 1. The van der Waals surface area contributed by atoms with Crippen molar-refractivity contribution in [3.63, 3.8) is 0 Å². The van der Waals surface area contributed by atoms with Crippen LogP contribution in [-0.2, 0) is 14.3 Å². The van der Waals surface area contributed by atoms with E-state index in [1.165, 1.54) is 12.3 Å². The number of amides is 2. The third-order valence-corrected chi connectivity index (χ3v) is 3.29. The zero-order valence-electron chi connectivity index (χ0n) is 13.1. The molecule has 0 radical (unpaired) electrons. The maximum atomic E-state index is 12.0. The van der Waals surface area contributed by atoms with E-state index in [1.807, 2.05) is 0 Å². The van der Waals surface area contributed by atoms with E-state index in [2.05, 4.69) is 10.6 Å². The Morgan fingerprint density at radius 3 is 2.65 bits per heavy atom. The highest BCUT2D eigenvalue weighted by atomic mass is 16.5. The van der Waals surface area contributed by atoms with Crippen LogP contribution in [0.4, 0.5) is 4.79 Å². The van der Waals surface area contributed by atoms with Crippen molar-refractivity contribution in [2.24, 2.45) is 0 Å². The molecule has 0 saturated carbocycles. The van der Waals surface area contributed by atoms with Crippen LogP contribution in [0.5, 0.6) is 0 Å². The van der Waals surface area contributed by atoms with E-state index in [4.69, 9.17) is 13.9 Å². The maximum absolute atomic E-state index is 12.0. The number of nitrogens with one attached hydrogen (secondary N) is 2. The summed E-state index contributed by atoms with van der Waals surface area (Å²) in [5, 5.41) is 5.04. The SMILES string of the molecule is CCOC(=O)C1=C(COC(=O)c2ccoc2C)NC(=O)N[C@H]1C. The van der Waals surface area contributed by atoms with E-state index in [9.17, 15) is 14.4 Å². The van der Waals surface area contributed by atoms with Gasteiger partial charge in [-0.3, -0.25) is 0 Å². The standard InChI is InChI=1S/C15H18N2O6/c1-4-21-14(19)12-8(2)16-15(20)17-11(12)7-23-13(18)10-5-6-22-9(10)3/h5-6,8H,4,7H2,1-3H3,(H2,16,17,20)/t8-/m0/s1. The molecule has 8 nitrogen and oxygen atoms in total. The highest BCUT2D eigenvalue weighted by Gasteiger charge is 2.30. The van der Waals surface area contributed by atoms with E-state index >= 15 is 0 Å². The fourth-order valence-corrected chi connectivity index (χ4v) is 2.21. The Bertz CT molecular complexity index is 661. The van der Waals surface area contributed by atoms with Crippen LogP contribution in [0.2, 0.25) is 0 Å². The molecular weight excluding hydrogens is 304 g/mol. The Kier molecular flexibility index (Phi) is 5.05. The number of hydrogen-bond acceptors (Lipinski definition) is 6.